The van der Waals surface area contributed by atoms with Crippen LogP contribution in [0.3, 0.4) is 0 Å². The van der Waals surface area contributed by atoms with Crippen LogP contribution >= 0.6 is 15.9 Å². The topological polar surface area (TPSA) is 57.2 Å². The smallest absolute Gasteiger partial charge is 0.124 e. The molecule has 0 saturated carbocycles. The number of nitrogens with zero attached hydrogens (tertiary/aromatic N) is 1. The number of aryl methyl sites for hydroxylation is 1. The normalized spacial score (nSPS) is 11.8. The van der Waals surface area contributed by atoms with Crippen LogP contribution in [-0.4, -0.2) is 50.0 Å². The Balaban J connectivity index is 0.000000567. The molecular formula is C22H40BrNO3S. The molecule has 0 atom stereocenters. The molecule has 4 nitrogen and oxygen atoms in total. The number of alkyl halides is 1. The van der Waals surface area contributed by atoms with E-state index in [0.717, 1.165) is 10.9 Å². The van der Waals surface area contributed by atoms with Gasteiger partial charge in [-0.1, -0.05) is 79.1 Å². The number of hydrogen-bond donors (Lipinski definition) is 0. The fourth-order valence-electron chi connectivity index (χ4n) is 2.98. The van der Waals surface area contributed by atoms with E-state index in [1.807, 2.05) is 6.92 Å². The van der Waals surface area contributed by atoms with Crippen LogP contribution in [0.25, 0.3) is 0 Å². The molecule has 1 aromatic carbocycles. The predicted molar refractivity (Wildman–Crippen MR) is 122 cm³/mol. The molecule has 0 aliphatic carbocycles. The maximum Gasteiger partial charge on any atom is 0.124 e. The average Bonchev–Trinajstić information content (AvgIpc) is 2.62. The van der Waals surface area contributed by atoms with Gasteiger partial charge in [-0.05, 0) is 31.9 Å². The second-order valence-electron chi connectivity index (χ2n) is 8.17. The SMILES string of the molecule is CCCCCCCCCC[N+](C)(C)CCCBr.Cc1ccc(S(=O)(=O)[O-])cc1. The van der Waals surface area contributed by atoms with Crippen molar-refractivity contribution in [3.8, 4) is 0 Å². The first-order valence-corrected chi connectivity index (χ1v) is 13.1. The van der Waals surface area contributed by atoms with E-state index in [4.69, 9.17) is 0 Å². The summed E-state index contributed by atoms with van der Waals surface area (Å²) in [5.74, 6) is 0. The summed E-state index contributed by atoms with van der Waals surface area (Å²) in [5, 5.41) is 1.14. The van der Waals surface area contributed by atoms with Gasteiger partial charge in [-0.15, -0.1) is 0 Å². The summed E-state index contributed by atoms with van der Waals surface area (Å²) in [6, 6.07) is 5.78. The van der Waals surface area contributed by atoms with Gasteiger partial charge < -0.3 is 9.04 Å². The minimum absolute atomic E-state index is 0.178. The first-order valence-electron chi connectivity index (χ1n) is 10.5. The number of benzene rings is 1. The molecule has 0 heterocycles. The van der Waals surface area contributed by atoms with Gasteiger partial charge in [0.15, 0.2) is 0 Å². The molecule has 0 aliphatic rings. The van der Waals surface area contributed by atoms with Gasteiger partial charge in [-0.2, -0.15) is 0 Å². The standard InChI is InChI=1S/C15H33BrN.C7H8O3S/c1-4-5-6-7-8-9-10-11-14-17(2,3)15-12-13-16;1-6-2-4-7(5-3-6)11(8,9)10/h4-15H2,1-3H3;2-5H,1H3,(H,8,9,10)/q+1;/p-1. The summed E-state index contributed by atoms with van der Waals surface area (Å²) in [4.78, 5) is -0.178. The molecule has 1 aromatic rings. The average molecular weight is 479 g/mol. The lowest BCUT2D eigenvalue weighted by Crippen LogP contribution is -2.41. The summed E-state index contributed by atoms with van der Waals surface area (Å²) < 4.78 is 32.4. The molecule has 0 bridgehead atoms. The van der Waals surface area contributed by atoms with Crippen LogP contribution in [0, 0.1) is 6.92 Å². The van der Waals surface area contributed by atoms with E-state index in [1.165, 1.54) is 87.5 Å². The van der Waals surface area contributed by atoms with Gasteiger partial charge in [-0.3, -0.25) is 0 Å². The molecule has 0 saturated heterocycles. The van der Waals surface area contributed by atoms with Gasteiger partial charge in [0, 0.05) is 11.8 Å². The van der Waals surface area contributed by atoms with E-state index in [2.05, 4.69) is 36.9 Å². The summed E-state index contributed by atoms with van der Waals surface area (Å²) in [7, 11) is 0.460. The molecule has 6 heteroatoms. The highest BCUT2D eigenvalue weighted by atomic mass is 79.9. The Kier molecular flexibility index (Phi) is 15.2. The molecule has 0 amide bonds. The Morgan fingerprint density at radius 3 is 1.79 bits per heavy atom. The van der Waals surface area contributed by atoms with E-state index in [1.54, 1.807) is 12.1 Å². The van der Waals surface area contributed by atoms with Crippen LogP contribution in [0.15, 0.2) is 29.2 Å². The second kappa shape index (κ2) is 15.4. The first-order chi connectivity index (χ1) is 13.1. The quantitative estimate of drug-likeness (QED) is 0.154. The van der Waals surface area contributed by atoms with Crippen molar-refractivity contribution in [2.24, 2.45) is 0 Å². The van der Waals surface area contributed by atoms with E-state index in [-0.39, 0.29) is 4.90 Å². The Morgan fingerprint density at radius 1 is 0.857 bits per heavy atom. The molecule has 164 valence electrons. The maximum atomic E-state index is 10.4. The van der Waals surface area contributed by atoms with Gasteiger partial charge in [0.25, 0.3) is 0 Å². The molecule has 1 rings (SSSR count). The molecule has 28 heavy (non-hydrogen) atoms. The van der Waals surface area contributed by atoms with Crippen molar-refractivity contribution >= 4 is 26.0 Å². The van der Waals surface area contributed by atoms with Gasteiger partial charge in [-0.25, -0.2) is 8.42 Å². The zero-order chi connectivity index (χ0) is 21.5. The van der Waals surface area contributed by atoms with Crippen LogP contribution in [0.2, 0.25) is 0 Å². The molecular weight excluding hydrogens is 438 g/mol. The number of unbranched alkanes of at least 4 members (excludes halogenated alkanes) is 7. The lowest BCUT2D eigenvalue weighted by Gasteiger charge is -2.29. The lowest BCUT2D eigenvalue weighted by molar-refractivity contribution is -0.890. The third kappa shape index (κ3) is 15.5. The number of quaternary nitrogens is 1. The third-order valence-corrected chi connectivity index (χ3v) is 6.23. The van der Waals surface area contributed by atoms with Crippen molar-refractivity contribution in [3.05, 3.63) is 29.8 Å². The highest BCUT2D eigenvalue weighted by Gasteiger charge is 2.12. The lowest BCUT2D eigenvalue weighted by atomic mass is 10.1. The number of halogens is 1. The van der Waals surface area contributed by atoms with E-state index < -0.39 is 10.1 Å². The van der Waals surface area contributed by atoms with Crippen LogP contribution in [-0.2, 0) is 10.1 Å². The largest absolute Gasteiger partial charge is 0.744 e. The fourth-order valence-corrected chi connectivity index (χ4v) is 3.70. The molecule has 0 spiro atoms. The van der Waals surface area contributed by atoms with Crippen LogP contribution in [0.5, 0.6) is 0 Å². The summed E-state index contributed by atoms with van der Waals surface area (Å²) in [6.07, 6.45) is 12.7. The van der Waals surface area contributed by atoms with Crippen molar-refractivity contribution in [2.45, 2.75) is 76.5 Å². The van der Waals surface area contributed by atoms with Crippen LogP contribution in [0.4, 0.5) is 0 Å². The Morgan fingerprint density at radius 2 is 1.32 bits per heavy atom. The van der Waals surface area contributed by atoms with Gasteiger partial charge >= 0.3 is 0 Å². The number of rotatable bonds is 13. The van der Waals surface area contributed by atoms with E-state index in [9.17, 15) is 13.0 Å². The third-order valence-electron chi connectivity index (χ3n) is 4.82. The summed E-state index contributed by atoms with van der Waals surface area (Å²) >= 11 is 3.51. The van der Waals surface area contributed by atoms with Crippen LogP contribution < -0.4 is 0 Å². The summed E-state index contributed by atoms with van der Waals surface area (Å²) in [5.41, 5.74) is 0.928. The summed E-state index contributed by atoms with van der Waals surface area (Å²) in [6.45, 7) is 6.76. The van der Waals surface area contributed by atoms with Crippen LogP contribution in [0.1, 0.15) is 70.3 Å². The Bertz CT molecular complexity index is 601. The molecule has 0 radical (unpaired) electrons. The zero-order valence-corrected chi connectivity index (χ0v) is 20.7. The molecule has 0 aliphatic heterocycles. The number of hydrogen-bond acceptors (Lipinski definition) is 3. The van der Waals surface area contributed by atoms with Crippen molar-refractivity contribution in [1.82, 2.24) is 0 Å². The van der Waals surface area contributed by atoms with Crippen molar-refractivity contribution in [2.75, 3.05) is 32.5 Å². The minimum atomic E-state index is -4.27. The molecule has 0 fully saturated rings. The van der Waals surface area contributed by atoms with Crippen molar-refractivity contribution < 1.29 is 17.5 Å². The maximum absolute atomic E-state index is 10.4. The van der Waals surface area contributed by atoms with Gasteiger partial charge in [0.05, 0.1) is 32.1 Å². The van der Waals surface area contributed by atoms with Crippen molar-refractivity contribution in [3.63, 3.8) is 0 Å². The molecule has 0 N–H and O–H groups in total. The monoisotopic (exact) mass is 477 g/mol. The van der Waals surface area contributed by atoms with E-state index in [0.29, 0.717) is 0 Å². The Labute approximate surface area is 182 Å². The zero-order valence-electron chi connectivity index (χ0n) is 18.3. The Hall–Kier alpha value is -0.430. The first kappa shape index (κ1) is 27.6. The molecule has 0 unspecified atom stereocenters. The van der Waals surface area contributed by atoms with Gasteiger partial charge in [0.1, 0.15) is 10.1 Å². The predicted octanol–water partition coefficient (Wildman–Crippen LogP) is 5.89. The van der Waals surface area contributed by atoms with Gasteiger partial charge in [0.2, 0.25) is 0 Å². The van der Waals surface area contributed by atoms with E-state index >= 15 is 0 Å². The van der Waals surface area contributed by atoms with Crippen molar-refractivity contribution in [1.29, 1.82) is 0 Å². The molecule has 0 aromatic heterocycles. The highest BCUT2D eigenvalue weighted by Crippen LogP contribution is 2.11. The second-order valence-corrected chi connectivity index (χ2v) is 10.3. The highest BCUT2D eigenvalue weighted by molar-refractivity contribution is 9.09. The minimum Gasteiger partial charge on any atom is -0.744 e. The fraction of sp³-hybridized carbons (Fsp3) is 0.727.